The van der Waals surface area contributed by atoms with Gasteiger partial charge in [-0.25, -0.2) is 8.42 Å². The van der Waals surface area contributed by atoms with Gasteiger partial charge in [-0.2, -0.15) is 4.31 Å². The first-order valence-electron chi connectivity index (χ1n) is 6.19. The number of furan rings is 1. The number of carboxylic acids is 1. The molecule has 21 heavy (non-hydrogen) atoms. The van der Waals surface area contributed by atoms with Crippen LogP contribution >= 0.6 is 0 Å². The van der Waals surface area contributed by atoms with Gasteiger partial charge in [0.2, 0.25) is 10.0 Å². The maximum atomic E-state index is 12.4. The number of sulfonamides is 1. The van der Waals surface area contributed by atoms with E-state index >= 15 is 0 Å². The zero-order chi connectivity index (χ0) is 15.5. The Morgan fingerprint density at radius 2 is 1.90 bits per heavy atom. The Bertz CT molecular complexity index is 704. The smallest absolute Gasteiger partial charge is 0.307 e. The Kier molecular flexibility index (Phi) is 4.44. The summed E-state index contributed by atoms with van der Waals surface area (Å²) in [7, 11) is -2.17. The molecule has 2 aromatic rings. The van der Waals surface area contributed by atoms with Gasteiger partial charge in [-0.3, -0.25) is 4.79 Å². The summed E-state index contributed by atoms with van der Waals surface area (Å²) in [5.74, 6) is -0.413. The molecule has 0 aliphatic heterocycles. The van der Waals surface area contributed by atoms with Crippen molar-refractivity contribution in [3.8, 4) is 0 Å². The van der Waals surface area contributed by atoms with Gasteiger partial charge in [0.15, 0.2) is 0 Å². The van der Waals surface area contributed by atoms with Crippen molar-refractivity contribution in [3.63, 3.8) is 0 Å². The first kappa shape index (κ1) is 15.3. The third-order valence-corrected chi connectivity index (χ3v) is 4.76. The Hall–Kier alpha value is -2.12. The van der Waals surface area contributed by atoms with Crippen LogP contribution in [0.2, 0.25) is 0 Å². The first-order valence-corrected chi connectivity index (χ1v) is 7.63. The second-order valence-electron chi connectivity index (χ2n) is 4.55. The molecule has 1 N–H and O–H groups in total. The van der Waals surface area contributed by atoms with E-state index in [0.29, 0.717) is 11.3 Å². The van der Waals surface area contributed by atoms with Gasteiger partial charge < -0.3 is 9.52 Å². The van der Waals surface area contributed by atoms with Crippen molar-refractivity contribution in [2.75, 3.05) is 7.05 Å². The number of aliphatic carboxylic acids is 1. The van der Waals surface area contributed by atoms with Crippen molar-refractivity contribution in [2.45, 2.75) is 17.9 Å². The molecule has 0 aliphatic rings. The number of rotatable bonds is 6. The summed E-state index contributed by atoms with van der Waals surface area (Å²) in [5, 5.41) is 8.69. The average Bonchev–Trinajstić information content (AvgIpc) is 2.91. The third kappa shape index (κ3) is 3.71. The number of benzene rings is 1. The predicted molar refractivity (Wildman–Crippen MR) is 75.1 cm³/mol. The fraction of sp³-hybridized carbons (Fsp3) is 0.214. The quantitative estimate of drug-likeness (QED) is 0.878. The van der Waals surface area contributed by atoms with Crippen molar-refractivity contribution >= 4 is 16.0 Å². The Labute approximate surface area is 122 Å². The third-order valence-electron chi connectivity index (χ3n) is 2.95. The van der Waals surface area contributed by atoms with Crippen LogP contribution in [-0.4, -0.2) is 30.8 Å². The van der Waals surface area contributed by atoms with E-state index in [2.05, 4.69) is 0 Å². The van der Waals surface area contributed by atoms with Gasteiger partial charge in [0.05, 0.1) is 24.1 Å². The fourth-order valence-corrected chi connectivity index (χ4v) is 2.98. The summed E-state index contributed by atoms with van der Waals surface area (Å²) in [4.78, 5) is 10.7. The molecule has 0 aliphatic carbocycles. The summed E-state index contributed by atoms with van der Waals surface area (Å²) in [6.45, 7) is 0.131. The standard InChI is InChI=1S/C14H15NO5S/c1-15(10-12-3-2-8-20-12)21(18,19)13-6-4-11(5-7-13)9-14(16)17/h2-8H,9-10H2,1H3,(H,16,17). The highest BCUT2D eigenvalue weighted by Gasteiger charge is 2.21. The van der Waals surface area contributed by atoms with Gasteiger partial charge in [-0.15, -0.1) is 0 Å². The van der Waals surface area contributed by atoms with E-state index in [-0.39, 0.29) is 17.9 Å². The van der Waals surface area contributed by atoms with E-state index in [9.17, 15) is 13.2 Å². The van der Waals surface area contributed by atoms with E-state index in [0.717, 1.165) is 0 Å². The van der Waals surface area contributed by atoms with Gasteiger partial charge in [-0.1, -0.05) is 12.1 Å². The number of hydrogen-bond acceptors (Lipinski definition) is 4. The molecule has 0 atom stereocenters. The molecule has 0 spiro atoms. The van der Waals surface area contributed by atoms with Crippen LogP contribution in [0, 0.1) is 0 Å². The summed E-state index contributed by atoms with van der Waals surface area (Å²) in [6.07, 6.45) is 1.35. The highest BCUT2D eigenvalue weighted by molar-refractivity contribution is 7.89. The highest BCUT2D eigenvalue weighted by atomic mass is 32.2. The van der Waals surface area contributed by atoms with Gasteiger partial charge in [0, 0.05) is 7.05 Å². The fourth-order valence-electron chi connectivity index (χ4n) is 1.84. The van der Waals surface area contributed by atoms with Crippen molar-refractivity contribution in [1.82, 2.24) is 4.31 Å². The number of carbonyl (C=O) groups is 1. The molecule has 1 aromatic heterocycles. The maximum Gasteiger partial charge on any atom is 0.307 e. The lowest BCUT2D eigenvalue weighted by molar-refractivity contribution is -0.136. The minimum Gasteiger partial charge on any atom is -0.481 e. The van der Waals surface area contributed by atoms with Crippen LogP contribution in [0.25, 0.3) is 0 Å². The maximum absolute atomic E-state index is 12.4. The van der Waals surface area contributed by atoms with Crippen LogP contribution in [0.4, 0.5) is 0 Å². The molecule has 0 saturated carbocycles. The molecule has 0 amide bonds. The molecule has 0 unspecified atom stereocenters. The van der Waals surface area contributed by atoms with Gasteiger partial charge in [0.25, 0.3) is 0 Å². The van der Waals surface area contributed by atoms with E-state index in [1.165, 1.54) is 41.9 Å². The van der Waals surface area contributed by atoms with Crippen LogP contribution in [0.1, 0.15) is 11.3 Å². The molecule has 2 rings (SSSR count). The SMILES string of the molecule is CN(Cc1ccco1)S(=O)(=O)c1ccc(CC(=O)O)cc1. The number of nitrogens with zero attached hydrogens (tertiary/aromatic N) is 1. The van der Waals surface area contributed by atoms with Crippen molar-refractivity contribution in [3.05, 3.63) is 54.0 Å². The summed E-state index contributed by atoms with van der Waals surface area (Å²) in [5.41, 5.74) is 0.551. The second kappa shape index (κ2) is 6.11. The largest absolute Gasteiger partial charge is 0.481 e. The van der Waals surface area contributed by atoms with Crippen molar-refractivity contribution < 1.29 is 22.7 Å². The highest BCUT2D eigenvalue weighted by Crippen LogP contribution is 2.17. The lowest BCUT2D eigenvalue weighted by Gasteiger charge is -2.16. The molecule has 0 saturated heterocycles. The zero-order valence-electron chi connectivity index (χ0n) is 11.4. The normalized spacial score (nSPS) is 11.7. The van der Waals surface area contributed by atoms with Crippen LogP contribution in [-0.2, 0) is 27.8 Å². The van der Waals surface area contributed by atoms with E-state index in [1.54, 1.807) is 12.1 Å². The summed E-state index contributed by atoms with van der Waals surface area (Å²) >= 11 is 0. The van der Waals surface area contributed by atoms with E-state index < -0.39 is 16.0 Å². The molecule has 112 valence electrons. The lowest BCUT2D eigenvalue weighted by Crippen LogP contribution is -2.26. The Morgan fingerprint density at radius 3 is 2.43 bits per heavy atom. The van der Waals surface area contributed by atoms with Crippen molar-refractivity contribution in [1.29, 1.82) is 0 Å². The molecule has 1 heterocycles. The van der Waals surface area contributed by atoms with Crippen LogP contribution in [0.5, 0.6) is 0 Å². The summed E-state index contributed by atoms with van der Waals surface area (Å²) in [6, 6.07) is 9.21. The van der Waals surface area contributed by atoms with E-state index in [1.807, 2.05) is 0 Å². The molecule has 0 fully saturated rings. The average molecular weight is 309 g/mol. The molecule has 0 radical (unpaired) electrons. The minimum absolute atomic E-state index is 0.116. The van der Waals surface area contributed by atoms with Crippen LogP contribution in [0.15, 0.2) is 52.0 Å². The van der Waals surface area contributed by atoms with Crippen LogP contribution < -0.4 is 0 Å². The molecule has 1 aromatic carbocycles. The Balaban J connectivity index is 2.16. The minimum atomic E-state index is -3.63. The van der Waals surface area contributed by atoms with Gasteiger partial charge >= 0.3 is 5.97 Å². The number of carboxylic acid groups (broad SMARTS) is 1. The first-order chi connectivity index (χ1) is 9.89. The Morgan fingerprint density at radius 1 is 1.24 bits per heavy atom. The monoisotopic (exact) mass is 309 g/mol. The van der Waals surface area contributed by atoms with Crippen LogP contribution in [0.3, 0.4) is 0 Å². The van der Waals surface area contributed by atoms with Gasteiger partial charge in [-0.05, 0) is 29.8 Å². The number of hydrogen-bond donors (Lipinski definition) is 1. The lowest BCUT2D eigenvalue weighted by atomic mass is 10.2. The molecular weight excluding hydrogens is 294 g/mol. The second-order valence-corrected chi connectivity index (χ2v) is 6.60. The molecular formula is C14H15NO5S. The summed E-state index contributed by atoms with van der Waals surface area (Å²) < 4.78 is 31.0. The predicted octanol–water partition coefficient (Wildman–Crippen LogP) is 1.73. The molecule has 0 bridgehead atoms. The van der Waals surface area contributed by atoms with Gasteiger partial charge in [0.1, 0.15) is 5.76 Å². The molecule has 7 heteroatoms. The van der Waals surface area contributed by atoms with E-state index in [4.69, 9.17) is 9.52 Å². The zero-order valence-corrected chi connectivity index (χ0v) is 12.2. The topological polar surface area (TPSA) is 87.8 Å². The van der Waals surface area contributed by atoms with Crippen molar-refractivity contribution in [2.24, 2.45) is 0 Å². The molecule has 6 nitrogen and oxygen atoms in total.